The molecule has 1 N–H and O–H groups in total. The standard InChI is InChI=1S/C24H21Cl2NO5/c25-20-7-4-8-21(26)17(20)11-23(27-16-5-2-1-3-6-16)24-10-9-22(32-24)18(12-30-14-28)19(24)13-31-15-29/h1-10,14-15,22-23,27H,11-13H2. The Hall–Kier alpha value is -2.80. The van der Waals surface area contributed by atoms with Gasteiger partial charge in [0.25, 0.3) is 12.9 Å². The Morgan fingerprint density at radius 2 is 1.69 bits per heavy atom. The minimum absolute atomic E-state index is 0.00507. The Labute approximate surface area is 195 Å². The van der Waals surface area contributed by atoms with E-state index in [0.717, 1.165) is 22.4 Å². The van der Waals surface area contributed by atoms with E-state index in [9.17, 15) is 9.59 Å². The molecule has 0 amide bonds. The monoisotopic (exact) mass is 473 g/mol. The fourth-order valence-corrected chi connectivity index (χ4v) is 4.85. The highest BCUT2D eigenvalue weighted by Gasteiger charge is 2.53. The van der Waals surface area contributed by atoms with Crippen LogP contribution in [0.3, 0.4) is 0 Å². The van der Waals surface area contributed by atoms with Crippen LogP contribution >= 0.6 is 23.2 Å². The Bertz CT molecular complexity index is 1040. The number of para-hydroxylation sites is 1. The van der Waals surface area contributed by atoms with Gasteiger partial charge in [-0.2, -0.15) is 0 Å². The molecule has 3 unspecified atom stereocenters. The van der Waals surface area contributed by atoms with Crippen molar-refractivity contribution in [2.24, 2.45) is 0 Å². The van der Waals surface area contributed by atoms with Gasteiger partial charge >= 0.3 is 0 Å². The van der Waals surface area contributed by atoms with Crippen LogP contribution in [0.15, 0.2) is 71.8 Å². The van der Waals surface area contributed by atoms with E-state index in [4.69, 9.17) is 37.4 Å². The number of fused-ring (bicyclic) bond motifs is 2. The Kier molecular flexibility index (Phi) is 6.84. The number of hydrogen-bond donors (Lipinski definition) is 1. The first-order chi connectivity index (χ1) is 15.6. The molecule has 4 rings (SSSR count). The second-order valence-corrected chi connectivity index (χ2v) is 8.29. The third-order valence-corrected chi connectivity index (χ3v) is 6.46. The number of carbonyl (C=O) groups excluding carboxylic acids is 2. The Morgan fingerprint density at radius 1 is 1.00 bits per heavy atom. The molecule has 2 aromatic carbocycles. The first-order valence-corrected chi connectivity index (χ1v) is 10.8. The van der Waals surface area contributed by atoms with Crippen molar-refractivity contribution in [3.8, 4) is 0 Å². The average molecular weight is 474 g/mol. The largest absolute Gasteiger partial charge is 0.463 e. The molecule has 3 atom stereocenters. The smallest absolute Gasteiger partial charge is 0.293 e. The summed E-state index contributed by atoms with van der Waals surface area (Å²) in [6, 6.07) is 14.7. The summed E-state index contributed by atoms with van der Waals surface area (Å²) in [5, 5.41) is 4.64. The van der Waals surface area contributed by atoms with Crippen LogP contribution in [0, 0.1) is 0 Å². The fourth-order valence-electron chi connectivity index (χ4n) is 4.30. The maximum absolute atomic E-state index is 11.0. The minimum Gasteiger partial charge on any atom is -0.463 e. The molecule has 0 fully saturated rings. The molecular weight excluding hydrogens is 453 g/mol. The van der Waals surface area contributed by atoms with Crippen LogP contribution in [0.4, 0.5) is 5.69 Å². The summed E-state index contributed by atoms with van der Waals surface area (Å²) in [4.78, 5) is 21.8. The van der Waals surface area contributed by atoms with Gasteiger partial charge in [-0.05, 0) is 42.3 Å². The van der Waals surface area contributed by atoms with Gasteiger partial charge in [0.05, 0.1) is 6.04 Å². The van der Waals surface area contributed by atoms with Crippen molar-refractivity contribution in [1.29, 1.82) is 0 Å². The molecular formula is C24H21Cl2NO5. The van der Waals surface area contributed by atoms with Crippen LogP contribution in [0.25, 0.3) is 0 Å². The highest BCUT2D eigenvalue weighted by Crippen LogP contribution is 2.47. The summed E-state index contributed by atoms with van der Waals surface area (Å²) >= 11 is 13.0. The van der Waals surface area contributed by atoms with E-state index in [2.05, 4.69) is 5.32 Å². The summed E-state index contributed by atoms with van der Waals surface area (Å²) in [7, 11) is 0. The van der Waals surface area contributed by atoms with Crippen molar-refractivity contribution in [2.75, 3.05) is 18.5 Å². The topological polar surface area (TPSA) is 73.9 Å². The predicted octanol–water partition coefficient (Wildman–Crippen LogP) is 4.37. The molecule has 2 aliphatic heterocycles. The van der Waals surface area contributed by atoms with Crippen molar-refractivity contribution in [3.05, 3.63) is 87.4 Å². The molecule has 2 aliphatic rings. The quantitative estimate of drug-likeness (QED) is 0.385. The summed E-state index contributed by atoms with van der Waals surface area (Å²) in [6.45, 7) is 0.823. The number of halogens is 2. The first kappa shape index (κ1) is 22.4. The van der Waals surface area contributed by atoms with Gasteiger partial charge in [0.2, 0.25) is 0 Å². The number of nitrogens with one attached hydrogen (secondary N) is 1. The minimum atomic E-state index is -0.951. The average Bonchev–Trinajstić information content (AvgIpc) is 3.36. The van der Waals surface area contributed by atoms with Gasteiger partial charge in [-0.1, -0.05) is 53.5 Å². The number of anilines is 1. The zero-order chi connectivity index (χ0) is 22.6. The zero-order valence-corrected chi connectivity index (χ0v) is 18.5. The summed E-state index contributed by atoms with van der Waals surface area (Å²) in [5.41, 5.74) is 2.19. The van der Waals surface area contributed by atoms with E-state index in [-0.39, 0.29) is 25.4 Å². The van der Waals surface area contributed by atoms with Crippen LogP contribution in [0.1, 0.15) is 5.56 Å². The zero-order valence-electron chi connectivity index (χ0n) is 17.0. The molecule has 32 heavy (non-hydrogen) atoms. The molecule has 0 aliphatic carbocycles. The van der Waals surface area contributed by atoms with E-state index in [0.29, 0.717) is 29.4 Å². The van der Waals surface area contributed by atoms with Gasteiger partial charge in [-0.25, -0.2) is 0 Å². The molecule has 0 aromatic heterocycles. The second kappa shape index (κ2) is 9.77. The molecule has 0 spiro atoms. The van der Waals surface area contributed by atoms with E-state index in [1.165, 1.54) is 0 Å². The summed E-state index contributed by atoms with van der Waals surface area (Å²) < 4.78 is 16.6. The Morgan fingerprint density at radius 3 is 2.38 bits per heavy atom. The summed E-state index contributed by atoms with van der Waals surface area (Å²) in [5.74, 6) is 0. The molecule has 0 radical (unpaired) electrons. The van der Waals surface area contributed by atoms with E-state index in [1.807, 2.05) is 42.5 Å². The maximum atomic E-state index is 11.0. The predicted molar refractivity (Wildman–Crippen MR) is 122 cm³/mol. The highest BCUT2D eigenvalue weighted by molar-refractivity contribution is 6.36. The molecule has 2 heterocycles. The lowest BCUT2D eigenvalue weighted by Gasteiger charge is -2.37. The molecule has 0 saturated carbocycles. The fraction of sp³-hybridized carbons (Fsp3) is 0.250. The van der Waals surface area contributed by atoms with Crippen molar-refractivity contribution in [2.45, 2.75) is 24.2 Å². The van der Waals surface area contributed by atoms with Crippen molar-refractivity contribution in [1.82, 2.24) is 0 Å². The normalized spacial score (nSPS) is 22.0. The SMILES string of the molecule is O=COCC1=C(COC=O)C2(C(Cc3c(Cl)cccc3Cl)Nc3ccccc3)C=CC1O2. The number of hydrogen-bond acceptors (Lipinski definition) is 6. The van der Waals surface area contributed by atoms with E-state index in [1.54, 1.807) is 18.2 Å². The molecule has 0 saturated heterocycles. The van der Waals surface area contributed by atoms with Crippen LogP contribution < -0.4 is 5.32 Å². The second-order valence-electron chi connectivity index (χ2n) is 7.48. The third-order valence-electron chi connectivity index (χ3n) is 5.75. The number of rotatable bonds is 11. The van der Waals surface area contributed by atoms with Gasteiger partial charge in [-0.3, -0.25) is 9.59 Å². The third kappa shape index (κ3) is 4.26. The van der Waals surface area contributed by atoms with Gasteiger partial charge in [0, 0.05) is 26.9 Å². The van der Waals surface area contributed by atoms with E-state index >= 15 is 0 Å². The molecule has 8 heteroatoms. The van der Waals surface area contributed by atoms with Crippen molar-refractivity contribution >= 4 is 41.8 Å². The molecule has 6 nitrogen and oxygen atoms in total. The lowest BCUT2D eigenvalue weighted by Crippen LogP contribution is -2.48. The van der Waals surface area contributed by atoms with Crippen LogP contribution in [-0.4, -0.2) is 43.9 Å². The first-order valence-electron chi connectivity index (χ1n) is 10.0. The Balaban J connectivity index is 1.77. The van der Waals surface area contributed by atoms with Crippen LogP contribution in [-0.2, 0) is 30.2 Å². The van der Waals surface area contributed by atoms with E-state index < -0.39 is 5.60 Å². The molecule has 166 valence electrons. The van der Waals surface area contributed by atoms with Crippen molar-refractivity contribution < 1.29 is 23.8 Å². The maximum Gasteiger partial charge on any atom is 0.293 e. The lowest BCUT2D eigenvalue weighted by atomic mass is 9.79. The van der Waals surface area contributed by atoms with Gasteiger partial charge in [0.15, 0.2) is 0 Å². The molecule has 2 aromatic rings. The number of benzene rings is 2. The molecule has 2 bridgehead atoms. The summed E-state index contributed by atoms with van der Waals surface area (Å²) in [6.07, 6.45) is 3.91. The van der Waals surface area contributed by atoms with Crippen LogP contribution in [0.2, 0.25) is 10.0 Å². The highest BCUT2D eigenvalue weighted by atomic mass is 35.5. The van der Waals surface area contributed by atoms with Gasteiger partial charge < -0.3 is 19.5 Å². The van der Waals surface area contributed by atoms with Gasteiger partial charge in [0.1, 0.15) is 24.9 Å². The number of ether oxygens (including phenoxy) is 3. The van der Waals surface area contributed by atoms with Crippen molar-refractivity contribution in [3.63, 3.8) is 0 Å². The number of carbonyl (C=O) groups is 2. The lowest BCUT2D eigenvalue weighted by molar-refractivity contribution is -0.129. The van der Waals surface area contributed by atoms with Crippen LogP contribution in [0.5, 0.6) is 0 Å². The van der Waals surface area contributed by atoms with Gasteiger partial charge in [-0.15, -0.1) is 0 Å².